The molecule has 0 amide bonds. The molecular formula is C29H43NO6. The van der Waals surface area contributed by atoms with Gasteiger partial charge >= 0.3 is 5.97 Å². The van der Waals surface area contributed by atoms with E-state index in [1.807, 2.05) is 6.07 Å². The average molecular weight is 502 g/mol. The summed E-state index contributed by atoms with van der Waals surface area (Å²) in [7, 11) is 0. The molecule has 7 heteroatoms. The van der Waals surface area contributed by atoms with Crippen molar-refractivity contribution in [3.63, 3.8) is 0 Å². The number of aryl methyl sites for hydroxylation is 1. The van der Waals surface area contributed by atoms with E-state index in [0.29, 0.717) is 18.1 Å². The van der Waals surface area contributed by atoms with Gasteiger partial charge in [0.15, 0.2) is 0 Å². The molecule has 7 nitrogen and oxygen atoms in total. The second kappa shape index (κ2) is 12.6. The number of carbonyl (C=O) groups excluding carboxylic acids is 1. The van der Waals surface area contributed by atoms with E-state index < -0.39 is 5.09 Å². The van der Waals surface area contributed by atoms with Gasteiger partial charge in [0.25, 0.3) is 5.09 Å². The molecule has 0 N–H and O–H groups in total. The molecule has 0 spiro atoms. The second-order valence-electron chi connectivity index (χ2n) is 11.0. The van der Waals surface area contributed by atoms with Crippen LogP contribution in [0.25, 0.3) is 0 Å². The number of rotatable bonds is 13. The molecule has 0 saturated heterocycles. The first-order valence-electron chi connectivity index (χ1n) is 13.7. The number of benzene rings is 1. The van der Waals surface area contributed by atoms with Gasteiger partial charge in [0.05, 0.1) is 12.5 Å². The maximum Gasteiger partial charge on any atom is 0.314 e. The Bertz CT molecular complexity index is 947. The number of esters is 1. The lowest BCUT2D eigenvalue weighted by molar-refractivity contribution is -0.757. The zero-order chi connectivity index (χ0) is 26.3. The van der Waals surface area contributed by atoms with Crippen molar-refractivity contribution in [1.29, 1.82) is 0 Å². The third-order valence-electron chi connectivity index (χ3n) is 7.64. The standard InChI is InChI=1S/C29H43NO6/c1-6-11-22(12-7-2)28(31)35-25-18-21(13-9-8-10-16-34-30(32)33)19-26-27(25)23-17-20(3)14-15-24(23)29(4,5)36-26/h17-19,22-24H,6-16H2,1-5H3/t23-,24?/m1/s1. The maximum atomic E-state index is 13.3. The van der Waals surface area contributed by atoms with Crippen LogP contribution in [0.5, 0.6) is 11.5 Å². The Morgan fingerprint density at radius 1 is 1.19 bits per heavy atom. The highest BCUT2D eigenvalue weighted by Crippen LogP contribution is 2.54. The lowest BCUT2D eigenvalue weighted by Gasteiger charge is -2.46. The largest absolute Gasteiger partial charge is 0.487 e. The van der Waals surface area contributed by atoms with Crippen molar-refractivity contribution in [2.75, 3.05) is 6.61 Å². The number of carbonyl (C=O) groups is 1. The number of ether oxygens (including phenoxy) is 2. The second-order valence-corrected chi connectivity index (χ2v) is 11.0. The number of hydrogen-bond donors (Lipinski definition) is 0. The zero-order valence-electron chi connectivity index (χ0n) is 22.6. The molecule has 3 rings (SSSR count). The van der Waals surface area contributed by atoms with E-state index in [-0.39, 0.29) is 30.0 Å². The van der Waals surface area contributed by atoms with Crippen LogP contribution in [-0.2, 0) is 16.1 Å². The molecule has 2 atom stereocenters. The van der Waals surface area contributed by atoms with E-state index in [1.54, 1.807) is 0 Å². The quantitative estimate of drug-likeness (QED) is 0.0701. The van der Waals surface area contributed by atoms with Crippen LogP contribution in [0.3, 0.4) is 0 Å². The van der Waals surface area contributed by atoms with Gasteiger partial charge in [-0.15, -0.1) is 10.1 Å². The highest BCUT2D eigenvalue weighted by atomic mass is 16.9. The summed E-state index contributed by atoms with van der Waals surface area (Å²) in [6.45, 7) is 10.8. The van der Waals surface area contributed by atoms with Gasteiger partial charge in [-0.2, -0.15) is 0 Å². The highest BCUT2D eigenvalue weighted by molar-refractivity contribution is 5.76. The number of unbranched alkanes of at least 4 members (excludes halogenated alkanes) is 2. The van der Waals surface area contributed by atoms with Crippen LogP contribution in [0, 0.1) is 22.0 Å². The van der Waals surface area contributed by atoms with Crippen molar-refractivity contribution in [2.24, 2.45) is 11.8 Å². The molecule has 1 aromatic rings. The first-order valence-corrected chi connectivity index (χ1v) is 13.7. The van der Waals surface area contributed by atoms with Gasteiger partial charge in [0.2, 0.25) is 0 Å². The third kappa shape index (κ3) is 7.01. The number of fused-ring (bicyclic) bond motifs is 3. The zero-order valence-corrected chi connectivity index (χ0v) is 22.6. The molecular weight excluding hydrogens is 458 g/mol. The van der Waals surface area contributed by atoms with Gasteiger partial charge in [-0.3, -0.25) is 4.79 Å². The van der Waals surface area contributed by atoms with E-state index >= 15 is 0 Å². The molecule has 0 radical (unpaired) electrons. The predicted molar refractivity (Wildman–Crippen MR) is 140 cm³/mol. The van der Waals surface area contributed by atoms with Gasteiger partial charge in [0, 0.05) is 17.4 Å². The van der Waals surface area contributed by atoms with E-state index in [4.69, 9.17) is 9.47 Å². The van der Waals surface area contributed by atoms with Crippen molar-refractivity contribution in [3.8, 4) is 11.5 Å². The Morgan fingerprint density at radius 2 is 1.92 bits per heavy atom. The van der Waals surface area contributed by atoms with Crippen LogP contribution in [0.1, 0.15) is 109 Å². The minimum Gasteiger partial charge on any atom is -0.487 e. The smallest absolute Gasteiger partial charge is 0.314 e. The summed E-state index contributed by atoms with van der Waals surface area (Å²) >= 11 is 0. The molecule has 1 unspecified atom stereocenters. The summed E-state index contributed by atoms with van der Waals surface area (Å²) in [4.78, 5) is 28.0. The minimum atomic E-state index is -0.748. The number of allylic oxidation sites excluding steroid dienone is 2. The van der Waals surface area contributed by atoms with Crippen LogP contribution in [-0.4, -0.2) is 23.3 Å². The van der Waals surface area contributed by atoms with E-state index in [1.165, 1.54) is 5.57 Å². The number of nitrogens with zero attached hydrogens (tertiary/aromatic N) is 1. The van der Waals surface area contributed by atoms with Gasteiger partial charge < -0.3 is 14.3 Å². The summed E-state index contributed by atoms with van der Waals surface area (Å²) in [6.07, 6.45) is 11.1. The van der Waals surface area contributed by atoms with Crippen molar-refractivity contribution in [2.45, 2.75) is 110 Å². The predicted octanol–water partition coefficient (Wildman–Crippen LogP) is 7.34. The summed E-state index contributed by atoms with van der Waals surface area (Å²) in [5.74, 6) is 1.68. The molecule has 1 aliphatic carbocycles. The van der Waals surface area contributed by atoms with Gasteiger partial charge in [-0.05, 0) is 83.4 Å². The monoisotopic (exact) mass is 501 g/mol. The molecule has 2 aliphatic rings. The molecule has 0 saturated carbocycles. The molecule has 1 heterocycles. The molecule has 200 valence electrons. The van der Waals surface area contributed by atoms with Crippen molar-refractivity contribution in [3.05, 3.63) is 45.0 Å². The average Bonchev–Trinajstić information content (AvgIpc) is 2.80. The van der Waals surface area contributed by atoms with Crippen molar-refractivity contribution >= 4 is 5.97 Å². The Morgan fingerprint density at radius 3 is 2.58 bits per heavy atom. The summed E-state index contributed by atoms with van der Waals surface area (Å²) in [5.41, 5.74) is 3.11. The number of hydrogen-bond acceptors (Lipinski definition) is 6. The lowest BCUT2D eigenvalue weighted by atomic mass is 9.68. The van der Waals surface area contributed by atoms with Crippen LogP contribution < -0.4 is 9.47 Å². The fourth-order valence-corrected chi connectivity index (χ4v) is 5.81. The van der Waals surface area contributed by atoms with Crippen LogP contribution in [0.15, 0.2) is 23.8 Å². The van der Waals surface area contributed by atoms with Gasteiger partial charge in [-0.25, -0.2) is 0 Å². The third-order valence-corrected chi connectivity index (χ3v) is 7.64. The van der Waals surface area contributed by atoms with Crippen molar-refractivity contribution in [1.82, 2.24) is 0 Å². The van der Waals surface area contributed by atoms with Crippen LogP contribution in [0.2, 0.25) is 0 Å². The molecule has 0 bridgehead atoms. The normalized spacial score (nSPS) is 20.1. The molecule has 1 aromatic carbocycles. The minimum absolute atomic E-state index is 0.0960. The Hall–Kier alpha value is -2.57. The summed E-state index contributed by atoms with van der Waals surface area (Å²) in [5, 5.41) is 9.59. The van der Waals surface area contributed by atoms with E-state index in [9.17, 15) is 14.9 Å². The molecule has 1 aliphatic heterocycles. The molecule has 0 aromatic heterocycles. The van der Waals surface area contributed by atoms with Gasteiger partial charge in [0.1, 0.15) is 17.1 Å². The summed E-state index contributed by atoms with van der Waals surface area (Å²) in [6, 6.07) is 4.13. The topological polar surface area (TPSA) is 87.9 Å². The van der Waals surface area contributed by atoms with Crippen molar-refractivity contribution < 1.29 is 24.2 Å². The van der Waals surface area contributed by atoms with Crippen LogP contribution in [0.4, 0.5) is 0 Å². The first kappa shape index (κ1) is 28.0. The fraction of sp³-hybridized carbons (Fsp3) is 0.690. The maximum absolute atomic E-state index is 13.3. The highest BCUT2D eigenvalue weighted by Gasteiger charge is 2.45. The fourth-order valence-electron chi connectivity index (χ4n) is 5.81. The van der Waals surface area contributed by atoms with E-state index in [2.05, 4.69) is 51.6 Å². The SMILES string of the molecule is CCCC(CCC)C(=O)Oc1cc(CCCCCO[N+](=O)[O-])cc2c1[C@@H]1C=C(C)CCC1C(C)(C)O2. The lowest BCUT2D eigenvalue weighted by Crippen LogP contribution is -2.45. The van der Waals surface area contributed by atoms with Crippen LogP contribution >= 0.6 is 0 Å². The van der Waals surface area contributed by atoms with Gasteiger partial charge in [-0.1, -0.05) is 44.8 Å². The first-order chi connectivity index (χ1) is 17.2. The molecule has 0 fully saturated rings. The Kier molecular flexibility index (Phi) is 9.80. The van der Waals surface area contributed by atoms with E-state index in [0.717, 1.165) is 74.7 Å². The Labute approximate surface area is 215 Å². The Balaban J connectivity index is 1.90. The summed E-state index contributed by atoms with van der Waals surface area (Å²) < 4.78 is 12.8. The molecule has 36 heavy (non-hydrogen) atoms.